The number of ether oxygens (including phenoxy) is 1. The number of nitrogens with zero attached hydrogens (tertiary/aromatic N) is 4. The van der Waals surface area contributed by atoms with Gasteiger partial charge in [-0.3, -0.25) is 0 Å². The van der Waals surface area contributed by atoms with Crippen LogP contribution in [0.15, 0.2) is 188 Å². The van der Waals surface area contributed by atoms with E-state index in [4.69, 9.17) is 9.72 Å². The van der Waals surface area contributed by atoms with Crippen molar-refractivity contribution in [2.24, 2.45) is 0 Å². The van der Waals surface area contributed by atoms with Gasteiger partial charge < -0.3 is 0 Å². The minimum atomic E-state index is -0.0684. The van der Waals surface area contributed by atoms with Crippen LogP contribution in [0, 0.1) is 15.9 Å². The Morgan fingerprint density at radius 2 is 1.15 bits per heavy atom. The van der Waals surface area contributed by atoms with Crippen molar-refractivity contribution in [3.63, 3.8) is 0 Å². The van der Waals surface area contributed by atoms with Gasteiger partial charge in [0.05, 0.1) is 0 Å². The molecule has 11 aromatic rings. The Hall–Kier alpha value is -7.33. The molecule has 0 saturated carbocycles. The number of hydrogen-bond acceptors (Lipinski definition) is 2. The van der Waals surface area contributed by atoms with Crippen molar-refractivity contribution in [3.8, 4) is 56.4 Å². The number of benzene rings is 8. The van der Waals surface area contributed by atoms with Crippen molar-refractivity contribution in [1.29, 1.82) is 0 Å². The van der Waals surface area contributed by atoms with Crippen LogP contribution in [0.1, 0.15) is 89.1 Å². The van der Waals surface area contributed by atoms with E-state index in [9.17, 15) is 0 Å². The van der Waals surface area contributed by atoms with Gasteiger partial charge in [-0.05, 0) is 40.3 Å². The van der Waals surface area contributed by atoms with Crippen molar-refractivity contribution in [3.05, 3.63) is 226 Å². The molecule has 3 heterocycles. The maximum absolute atomic E-state index is 6.93. The molecule has 6 heteroatoms. The van der Waals surface area contributed by atoms with Crippen LogP contribution >= 0.6 is 0 Å². The zero-order chi connectivity index (χ0) is 50.0. The van der Waals surface area contributed by atoms with Crippen LogP contribution in [0.5, 0.6) is 11.5 Å². The SMILES string of the molecule is CC(C)(C)c1ccnc(-n2c3[c-]c(Oc4[c-]c5c(cc4)CCCCC5n4[c](=[Pt])n(-c5c(-c6ccccc6)cc(C(C)(C)C)cc5-c5ccccc5)c5ccccc54)ccc3c3cc(-c4ccccc4)ccc32)c1. The topological polar surface area (TPSA) is 36.9 Å². The number of hydrogen-bond donors (Lipinski definition) is 0. The van der Waals surface area contributed by atoms with Gasteiger partial charge in [0, 0.05) is 6.20 Å². The number of para-hydroxylation sites is 2. The molecule has 0 radical (unpaired) electrons. The molecule has 364 valence electrons. The standard InChI is InChI=1S/C67H58N4O.Pt/c1-66(2,3)50-36-37-68-64(41-50)71-60-35-31-49(45-20-10-7-11-21-45)38-58(60)54-34-33-53(43-63(54)71)72-52-32-30-48-26-16-17-27-59(55(48)42-52)69-44-70(62-29-19-18-28-61(62)69)65-56(46-22-12-8-13-23-46)39-51(67(4,5)6)40-57(65)47-24-14-9-15-25-47;/h7-15,18-25,28-41,59H,16-17,26-27H2,1-6H3;/q-2;. The van der Waals surface area contributed by atoms with E-state index < -0.39 is 0 Å². The number of fused-ring (bicyclic) bond motifs is 5. The first kappa shape index (κ1) is 46.7. The second-order valence-electron chi connectivity index (χ2n) is 21.6. The average Bonchev–Trinajstić information content (AvgIpc) is 3.79. The molecule has 0 aliphatic heterocycles. The van der Waals surface area contributed by atoms with Gasteiger partial charge in [0.2, 0.25) is 0 Å². The van der Waals surface area contributed by atoms with Crippen molar-refractivity contribution >= 4 is 32.8 Å². The van der Waals surface area contributed by atoms with Gasteiger partial charge in [0.15, 0.2) is 0 Å². The molecule has 0 spiro atoms. The third kappa shape index (κ3) is 8.62. The summed E-state index contributed by atoms with van der Waals surface area (Å²) in [6.07, 6.45) is 6.11. The van der Waals surface area contributed by atoms with Gasteiger partial charge in [-0.25, -0.2) is 4.98 Å². The van der Waals surface area contributed by atoms with Gasteiger partial charge in [-0.15, -0.1) is 0 Å². The molecule has 0 fully saturated rings. The summed E-state index contributed by atoms with van der Waals surface area (Å²) in [5.74, 6) is 2.17. The van der Waals surface area contributed by atoms with E-state index >= 15 is 0 Å². The molecule has 0 saturated heterocycles. The van der Waals surface area contributed by atoms with E-state index in [0.29, 0.717) is 11.5 Å². The minimum Gasteiger partial charge on any atom is -0.0622 e. The zero-order valence-corrected chi connectivity index (χ0v) is 44.6. The molecule has 8 aromatic carbocycles. The second kappa shape index (κ2) is 18.6. The molecule has 0 N–H and O–H groups in total. The second-order valence-corrected chi connectivity index (χ2v) is 22.6. The van der Waals surface area contributed by atoms with Crippen LogP contribution < -0.4 is 4.74 Å². The smallest absolute Gasteiger partial charge is 0.0622 e. The summed E-state index contributed by atoms with van der Waals surface area (Å²) in [6, 6.07) is 73.6. The summed E-state index contributed by atoms with van der Waals surface area (Å²) in [5, 5.41) is 2.24. The van der Waals surface area contributed by atoms with Gasteiger partial charge >= 0.3 is 328 Å². The predicted octanol–water partition coefficient (Wildman–Crippen LogP) is 17.3. The van der Waals surface area contributed by atoms with Crippen LogP contribution in [0.4, 0.5) is 0 Å². The summed E-state index contributed by atoms with van der Waals surface area (Å²) in [5.41, 5.74) is 17.6. The van der Waals surface area contributed by atoms with E-state index in [2.05, 4.69) is 269 Å². The molecule has 1 aliphatic carbocycles. The summed E-state index contributed by atoms with van der Waals surface area (Å²) < 4.78 is 15.4. The Balaban J connectivity index is 1.00. The molecule has 1 atom stereocenters. The number of aromatic nitrogens is 4. The normalized spacial score (nSPS) is 14.2. The van der Waals surface area contributed by atoms with E-state index in [0.717, 1.165) is 57.1 Å². The van der Waals surface area contributed by atoms with Crippen LogP contribution in [-0.4, -0.2) is 18.7 Å². The number of aryl methyl sites for hydroxylation is 1. The summed E-state index contributed by atoms with van der Waals surface area (Å²) in [6.45, 7) is 13.7. The third-order valence-electron chi connectivity index (χ3n) is 14.8. The molecule has 1 unspecified atom stereocenters. The van der Waals surface area contributed by atoms with Crippen LogP contribution in [0.2, 0.25) is 0 Å². The summed E-state index contributed by atoms with van der Waals surface area (Å²) in [7, 11) is 0. The Morgan fingerprint density at radius 3 is 1.82 bits per heavy atom. The zero-order valence-electron chi connectivity index (χ0n) is 42.3. The number of rotatable bonds is 8. The van der Waals surface area contributed by atoms with E-state index in [1.807, 2.05) is 6.20 Å². The number of pyridine rings is 1. The van der Waals surface area contributed by atoms with E-state index in [-0.39, 0.29) is 16.9 Å². The van der Waals surface area contributed by atoms with Gasteiger partial charge in [0.1, 0.15) is 0 Å². The van der Waals surface area contributed by atoms with Gasteiger partial charge in [-0.2, -0.15) is 0 Å². The molecular formula is C67H58N4OPt-2. The molecule has 73 heavy (non-hydrogen) atoms. The molecule has 12 rings (SSSR count). The molecule has 1 aliphatic rings. The van der Waals surface area contributed by atoms with Crippen LogP contribution in [0.25, 0.3) is 77.7 Å². The number of imidazole rings is 1. The Morgan fingerprint density at radius 1 is 0.534 bits per heavy atom. The van der Waals surface area contributed by atoms with Crippen molar-refractivity contribution < 1.29 is 24.1 Å². The Kier molecular flexibility index (Phi) is 11.9. The average molecular weight is 1130 g/mol. The first-order chi connectivity index (χ1) is 35.4. The fourth-order valence-corrected chi connectivity index (χ4v) is 12.1. The predicted molar refractivity (Wildman–Crippen MR) is 297 cm³/mol. The van der Waals surface area contributed by atoms with Gasteiger partial charge in [-0.1, -0.05) is 63.2 Å². The molecular weight excluding hydrogens is 1070 g/mol. The van der Waals surface area contributed by atoms with Crippen LogP contribution in [0.3, 0.4) is 0 Å². The Bertz CT molecular complexity index is 3860. The third-order valence-corrected chi connectivity index (χ3v) is 15.8. The molecule has 5 nitrogen and oxygen atoms in total. The maximum atomic E-state index is 6.93. The van der Waals surface area contributed by atoms with Crippen LogP contribution in [-0.2, 0) is 36.6 Å². The van der Waals surface area contributed by atoms with Crippen molar-refractivity contribution in [1.82, 2.24) is 18.7 Å². The fraction of sp³-hybridized carbons (Fsp3) is 0.194. The van der Waals surface area contributed by atoms with E-state index in [1.54, 1.807) is 0 Å². The van der Waals surface area contributed by atoms with Crippen molar-refractivity contribution in [2.45, 2.75) is 84.1 Å². The Labute approximate surface area is 439 Å². The molecule has 3 aromatic heterocycles. The van der Waals surface area contributed by atoms with Gasteiger partial charge in [0.25, 0.3) is 0 Å². The first-order valence-corrected chi connectivity index (χ1v) is 26.8. The van der Waals surface area contributed by atoms with E-state index in [1.165, 1.54) is 72.4 Å². The minimum absolute atomic E-state index is 0.0165. The summed E-state index contributed by atoms with van der Waals surface area (Å²) in [4.78, 5) is 4.98. The fourth-order valence-electron chi connectivity index (χ4n) is 10.9. The summed E-state index contributed by atoms with van der Waals surface area (Å²) >= 11 is 2.61. The molecule has 0 bridgehead atoms. The van der Waals surface area contributed by atoms with Crippen molar-refractivity contribution in [2.75, 3.05) is 0 Å². The molecule has 0 amide bonds. The monoisotopic (exact) mass is 1130 g/mol. The first-order valence-electron chi connectivity index (χ1n) is 25.6. The quantitative estimate of drug-likeness (QED) is 0.112.